The van der Waals surface area contributed by atoms with Gasteiger partial charge in [0.05, 0.1) is 5.71 Å². The number of allylic oxidation sites excluding steroid dienone is 3. The van der Waals surface area contributed by atoms with Crippen molar-refractivity contribution in [2.75, 3.05) is 0 Å². The molecule has 2 saturated carbocycles. The molecule has 3 nitrogen and oxygen atoms in total. The van der Waals surface area contributed by atoms with Crippen molar-refractivity contribution in [2.45, 2.75) is 98.1 Å². The Labute approximate surface area is 214 Å². The normalized spacial score (nSPS) is 37.0. The molecule has 1 aromatic rings. The highest BCUT2D eigenvalue weighted by Crippen LogP contribution is 2.65. The largest absolute Gasteiger partial charge is 0.414 e. The number of benzene rings is 1. The lowest BCUT2D eigenvalue weighted by molar-refractivity contribution is -0.0262. The van der Waals surface area contributed by atoms with E-state index in [2.05, 4.69) is 82.0 Å². The molecule has 0 heterocycles. The third-order valence-electron chi connectivity index (χ3n) is 9.83. The molecule has 4 aliphatic carbocycles. The SMILES string of the molecule is C/C(=N/OCc1ccccc1)C1=CC[C@H]2[C@@H]3CC=C4C[C@@H](O[Si](C)(C)C)CC[C@]4(C)[C@H]3CC[C@]12C. The lowest BCUT2D eigenvalue weighted by atomic mass is 9.47. The first-order chi connectivity index (χ1) is 16.6. The molecule has 0 aliphatic heterocycles. The Morgan fingerprint density at radius 1 is 0.971 bits per heavy atom. The molecular weight excluding hydrogens is 446 g/mol. The third-order valence-corrected chi connectivity index (χ3v) is 10.9. The van der Waals surface area contributed by atoms with Crippen molar-refractivity contribution < 1.29 is 9.26 Å². The minimum Gasteiger partial charge on any atom is -0.414 e. The van der Waals surface area contributed by atoms with Crippen LogP contribution in [0.25, 0.3) is 0 Å². The van der Waals surface area contributed by atoms with Gasteiger partial charge in [-0.3, -0.25) is 0 Å². The van der Waals surface area contributed by atoms with Gasteiger partial charge in [0.25, 0.3) is 0 Å². The Morgan fingerprint density at radius 3 is 2.46 bits per heavy atom. The van der Waals surface area contributed by atoms with Crippen LogP contribution in [0.2, 0.25) is 19.6 Å². The smallest absolute Gasteiger partial charge is 0.184 e. The molecule has 0 radical (unpaired) electrons. The van der Waals surface area contributed by atoms with Crippen LogP contribution < -0.4 is 0 Å². The van der Waals surface area contributed by atoms with Crippen molar-refractivity contribution in [1.29, 1.82) is 0 Å². The number of fused-ring (bicyclic) bond motifs is 5. The molecule has 0 aromatic heterocycles. The molecule has 0 spiro atoms. The van der Waals surface area contributed by atoms with Gasteiger partial charge in [-0.1, -0.05) is 67.1 Å². The molecule has 35 heavy (non-hydrogen) atoms. The maximum atomic E-state index is 6.56. The Hall–Kier alpha value is -1.65. The molecule has 0 amide bonds. The van der Waals surface area contributed by atoms with Crippen LogP contribution in [0, 0.1) is 28.6 Å². The summed E-state index contributed by atoms with van der Waals surface area (Å²) in [5.74, 6) is 2.32. The van der Waals surface area contributed by atoms with Gasteiger partial charge in [-0.05, 0) is 111 Å². The van der Waals surface area contributed by atoms with E-state index in [1.807, 2.05) is 6.07 Å². The fourth-order valence-corrected chi connectivity index (χ4v) is 9.38. The summed E-state index contributed by atoms with van der Waals surface area (Å²) >= 11 is 0. The van der Waals surface area contributed by atoms with Gasteiger partial charge in [0.2, 0.25) is 0 Å². The van der Waals surface area contributed by atoms with Gasteiger partial charge in [0, 0.05) is 6.10 Å². The molecule has 0 unspecified atom stereocenters. The number of hydrogen-bond donors (Lipinski definition) is 0. The van der Waals surface area contributed by atoms with Crippen LogP contribution in [0.5, 0.6) is 0 Å². The van der Waals surface area contributed by atoms with E-state index < -0.39 is 8.32 Å². The van der Waals surface area contributed by atoms with Crippen LogP contribution in [0.1, 0.15) is 71.3 Å². The van der Waals surface area contributed by atoms with Crippen molar-refractivity contribution in [3.63, 3.8) is 0 Å². The third kappa shape index (κ3) is 4.73. The maximum Gasteiger partial charge on any atom is 0.184 e. The predicted molar refractivity (Wildman–Crippen MR) is 148 cm³/mol. The second-order valence-electron chi connectivity index (χ2n) is 13.1. The Balaban J connectivity index is 1.29. The zero-order valence-electron chi connectivity index (χ0n) is 22.8. The van der Waals surface area contributed by atoms with E-state index in [4.69, 9.17) is 9.26 Å². The summed E-state index contributed by atoms with van der Waals surface area (Å²) in [5, 5.41) is 4.58. The lowest BCUT2D eigenvalue weighted by Gasteiger charge is -2.58. The fraction of sp³-hybridized carbons (Fsp3) is 0.645. The highest BCUT2D eigenvalue weighted by Gasteiger charge is 2.57. The lowest BCUT2D eigenvalue weighted by Crippen LogP contribution is -2.51. The van der Waals surface area contributed by atoms with E-state index in [1.54, 1.807) is 5.57 Å². The second-order valence-corrected chi connectivity index (χ2v) is 17.6. The molecule has 4 heteroatoms. The molecular formula is C31H45NO2Si. The Bertz CT molecular complexity index is 1020. The Morgan fingerprint density at radius 2 is 1.71 bits per heavy atom. The minimum atomic E-state index is -1.49. The zero-order valence-corrected chi connectivity index (χ0v) is 23.8. The minimum absolute atomic E-state index is 0.227. The molecule has 2 fully saturated rings. The van der Waals surface area contributed by atoms with E-state index in [1.165, 1.54) is 50.5 Å². The van der Waals surface area contributed by atoms with Crippen LogP contribution in [-0.2, 0) is 15.9 Å². The first-order valence-corrected chi connectivity index (χ1v) is 17.3. The van der Waals surface area contributed by atoms with Gasteiger partial charge in [0.1, 0.15) is 6.61 Å². The van der Waals surface area contributed by atoms with Crippen LogP contribution in [0.15, 0.2) is 58.8 Å². The summed E-state index contributed by atoms with van der Waals surface area (Å²) in [7, 11) is -1.49. The average molecular weight is 492 g/mol. The molecule has 0 N–H and O–H groups in total. The molecule has 0 saturated heterocycles. The van der Waals surface area contributed by atoms with Crippen LogP contribution in [0.4, 0.5) is 0 Å². The van der Waals surface area contributed by atoms with Gasteiger partial charge < -0.3 is 9.26 Å². The van der Waals surface area contributed by atoms with Crippen molar-refractivity contribution in [2.24, 2.45) is 33.7 Å². The average Bonchev–Trinajstić information content (AvgIpc) is 3.16. The molecule has 0 bridgehead atoms. The van der Waals surface area contributed by atoms with Crippen LogP contribution >= 0.6 is 0 Å². The van der Waals surface area contributed by atoms with Gasteiger partial charge in [0.15, 0.2) is 8.32 Å². The van der Waals surface area contributed by atoms with Gasteiger partial charge >= 0.3 is 0 Å². The molecule has 190 valence electrons. The second kappa shape index (κ2) is 9.34. The van der Waals surface area contributed by atoms with E-state index in [-0.39, 0.29) is 5.41 Å². The van der Waals surface area contributed by atoms with E-state index in [9.17, 15) is 0 Å². The monoisotopic (exact) mass is 491 g/mol. The molecule has 6 atom stereocenters. The first kappa shape index (κ1) is 25.0. The summed E-state index contributed by atoms with van der Waals surface area (Å²) in [5.41, 5.74) is 6.00. The standard InChI is InChI=1S/C31H45NO2Si/c1-22(32-33-21-23-10-8-7-9-11-23)27-14-15-28-26-13-12-24-20-25(34-35(4,5)6)16-18-30(24,2)29(26)17-19-31(27,28)3/h7-12,14,25-26,28-29H,13,15-21H2,1-6H3/b32-22-/t25-,26-,28-,29-,30-,31+/m0/s1. The van der Waals surface area contributed by atoms with E-state index >= 15 is 0 Å². The maximum absolute atomic E-state index is 6.56. The molecule has 4 aliphatic rings. The quantitative estimate of drug-likeness (QED) is 0.173. The molecule has 1 aromatic carbocycles. The van der Waals surface area contributed by atoms with Crippen molar-refractivity contribution in [1.82, 2.24) is 0 Å². The van der Waals surface area contributed by atoms with E-state index in [0.29, 0.717) is 18.1 Å². The van der Waals surface area contributed by atoms with Crippen molar-refractivity contribution in [3.8, 4) is 0 Å². The van der Waals surface area contributed by atoms with Crippen molar-refractivity contribution in [3.05, 3.63) is 59.2 Å². The topological polar surface area (TPSA) is 30.8 Å². The Kier molecular flexibility index (Phi) is 6.67. The predicted octanol–water partition coefficient (Wildman–Crippen LogP) is 8.30. The van der Waals surface area contributed by atoms with Crippen LogP contribution in [0.3, 0.4) is 0 Å². The summed E-state index contributed by atoms with van der Waals surface area (Å²) in [6, 6.07) is 10.3. The van der Waals surface area contributed by atoms with Gasteiger partial charge in [-0.25, -0.2) is 0 Å². The van der Waals surface area contributed by atoms with Gasteiger partial charge in [-0.15, -0.1) is 0 Å². The van der Waals surface area contributed by atoms with Gasteiger partial charge in [-0.2, -0.15) is 0 Å². The first-order valence-electron chi connectivity index (χ1n) is 13.9. The number of hydrogen-bond acceptors (Lipinski definition) is 3. The van der Waals surface area contributed by atoms with Crippen LogP contribution in [-0.4, -0.2) is 20.1 Å². The molecule has 5 rings (SSSR count). The summed E-state index contributed by atoms with van der Waals surface area (Å²) in [4.78, 5) is 5.79. The fourth-order valence-electron chi connectivity index (χ4n) is 8.18. The summed E-state index contributed by atoms with van der Waals surface area (Å²) < 4.78 is 6.56. The zero-order chi connectivity index (χ0) is 24.8. The summed E-state index contributed by atoms with van der Waals surface area (Å²) in [6.45, 7) is 14.8. The number of oxime groups is 1. The van der Waals surface area contributed by atoms with E-state index in [0.717, 1.165) is 29.0 Å². The highest BCUT2D eigenvalue weighted by molar-refractivity contribution is 6.69. The number of nitrogens with zero attached hydrogens (tertiary/aromatic N) is 1. The summed E-state index contributed by atoms with van der Waals surface area (Å²) in [6.07, 6.45) is 14.3. The van der Waals surface area contributed by atoms with Crippen molar-refractivity contribution >= 4 is 14.0 Å². The highest BCUT2D eigenvalue weighted by atomic mass is 28.4. The number of rotatable bonds is 6.